The number of hydrogen-bond donors (Lipinski definition) is 2. The standard InChI is InChI=1S/C38H58N5O6P/c1-2-3-4-5-6-7-8-9-10-11-12-13-14-15-16-19-26-46-28-29-48-50(45,49-34-24-20-22-32-21-17-18-23-33(32)34)31-47-27-25-43-30-40-35-36(43)41-38(39)42-37(35)44/h17-18,20-24,30H,2-16,19,25-29,31H2,1H3,(H3,39,41,42,44). The van der Waals surface area contributed by atoms with E-state index in [1.807, 2.05) is 36.4 Å². The average Bonchev–Trinajstić information content (AvgIpc) is 3.52. The van der Waals surface area contributed by atoms with Crippen LogP contribution in [-0.2, 0) is 25.1 Å². The molecule has 3 N–H and O–H groups in total. The lowest BCUT2D eigenvalue weighted by molar-refractivity contribution is 0.0853. The average molecular weight is 712 g/mol. The Morgan fingerprint density at radius 1 is 0.760 bits per heavy atom. The highest BCUT2D eigenvalue weighted by Gasteiger charge is 2.28. The second-order valence-corrected chi connectivity index (χ2v) is 14.9. The Bertz CT molecular complexity index is 1640. The Kier molecular flexibility index (Phi) is 17.8. The zero-order chi connectivity index (χ0) is 35.3. The molecule has 0 spiro atoms. The van der Waals surface area contributed by atoms with Crippen molar-refractivity contribution >= 4 is 35.5 Å². The minimum absolute atomic E-state index is 0.00332. The number of nitrogens with two attached hydrogens (primary N) is 1. The number of aromatic nitrogens is 4. The van der Waals surface area contributed by atoms with Gasteiger partial charge in [-0.1, -0.05) is 140 Å². The number of nitrogens with zero attached hydrogens (tertiary/aromatic N) is 3. The number of ether oxygens (including phenoxy) is 2. The molecule has 0 fully saturated rings. The fourth-order valence-electron chi connectivity index (χ4n) is 6.08. The van der Waals surface area contributed by atoms with Crippen molar-refractivity contribution in [1.29, 1.82) is 0 Å². The number of nitrogens with one attached hydrogen (secondary N) is 1. The number of benzene rings is 2. The fraction of sp³-hybridized carbons (Fsp3) is 0.605. The van der Waals surface area contributed by atoms with Crippen molar-refractivity contribution in [3.8, 4) is 5.75 Å². The molecule has 2 aromatic heterocycles. The second kappa shape index (κ2) is 22.6. The third-order valence-electron chi connectivity index (χ3n) is 8.86. The summed E-state index contributed by atoms with van der Waals surface area (Å²) < 4.78 is 39.1. The van der Waals surface area contributed by atoms with Crippen molar-refractivity contribution in [2.45, 2.75) is 116 Å². The molecule has 0 aliphatic carbocycles. The number of hydrogen-bond acceptors (Lipinski definition) is 9. The number of rotatable bonds is 28. The number of aromatic amines is 1. The summed E-state index contributed by atoms with van der Waals surface area (Å²) >= 11 is 0. The van der Waals surface area contributed by atoms with Gasteiger partial charge in [0.25, 0.3) is 5.56 Å². The summed E-state index contributed by atoms with van der Waals surface area (Å²) in [5.74, 6) is 0.465. The Hall–Kier alpha value is -3.24. The molecule has 2 aromatic carbocycles. The van der Waals surface area contributed by atoms with Gasteiger partial charge in [-0.05, 0) is 17.9 Å². The molecule has 4 aromatic rings. The lowest BCUT2D eigenvalue weighted by Gasteiger charge is -2.20. The van der Waals surface area contributed by atoms with Crippen molar-refractivity contribution in [2.75, 3.05) is 38.5 Å². The van der Waals surface area contributed by atoms with E-state index in [4.69, 9.17) is 24.3 Å². The molecule has 0 saturated heterocycles. The summed E-state index contributed by atoms with van der Waals surface area (Å²) in [7, 11) is -3.73. The van der Waals surface area contributed by atoms with Crippen LogP contribution in [0.4, 0.5) is 5.95 Å². The molecule has 11 nitrogen and oxygen atoms in total. The van der Waals surface area contributed by atoms with Gasteiger partial charge in [-0.15, -0.1) is 0 Å². The fourth-order valence-corrected chi connectivity index (χ4v) is 7.42. The van der Waals surface area contributed by atoms with Crippen LogP contribution in [0, 0.1) is 0 Å². The first-order valence-electron chi connectivity index (χ1n) is 18.8. The molecule has 276 valence electrons. The Morgan fingerprint density at radius 2 is 1.40 bits per heavy atom. The molecule has 0 aliphatic heterocycles. The van der Waals surface area contributed by atoms with Crippen molar-refractivity contribution in [3.05, 3.63) is 59.1 Å². The minimum atomic E-state index is -3.73. The highest BCUT2D eigenvalue weighted by Crippen LogP contribution is 2.49. The van der Waals surface area contributed by atoms with Gasteiger partial charge in [0.05, 0.1) is 26.1 Å². The van der Waals surface area contributed by atoms with Gasteiger partial charge in [0.15, 0.2) is 17.5 Å². The van der Waals surface area contributed by atoms with Gasteiger partial charge in [0, 0.05) is 18.5 Å². The molecule has 2 heterocycles. The van der Waals surface area contributed by atoms with Gasteiger partial charge in [0.2, 0.25) is 5.95 Å². The lowest BCUT2D eigenvalue weighted by Crippen LogP contribution is -2.14. The summed E-state index contributed by atoms with van der Waals surface area (Å²) in [6, 6.07) is 13.3. The molecule has 1 unspecified atom stereocenters. The number of imidazole rings is 1. The van der Waals surface area contributed by atoms with Gasteiger partial charge in [0.1, 0.15) is 5.75 Å². The lowest BCUT2D eigenvalue weighted by atomic mass is 10.0. The van der Waals surface area contributed by atoms with Crippen LogP contribution in [-0.4, -0.2) is 52.3 Å². The van der Waals surface area contributed by atoms with Gasteiger partial charge in [-0.3, -0.25) is 14.3 Å². The monoisotopic (exact) mass is 711 g/mol. The molecule has 0 saturated carbocycles. The van der Waals surface area contributed by atoms with Gasteiger partial charge >= 0.3 is 7.60 Å². The predicted octanol–water partition coefficient (Wildman–Crippen LogP) is 9.40. The second-order valence-electron chi connectivity index (χ2n) is 13.0. The maximum absolute atomic E-state index is 14.0. The molecular weight excluding hydrogens is 653 g/mol. The molecule has 0 aliphatic rings. The highest BCUT2D eigenvalue weighted by atomic mass is 31.2. The van der Waals surface area contributed by atoms with Gasteiger partial charge < -0.3 is 24.3 Å². The van der Waals surface area contributed by atoms with Crippen molar-refractivity contribution < 1.29 is 23.1 Å². The van der Waals surface area contributed by atoms with Crippen LogP contribution in [0.3, 0.4) is 0 Å². The van der Waals surface area contributed by atoms with E-state index in [-0.39, 0.29) is 31.0 Å². The first-order valence-corrected chi connectivity index (χ1v) is 20.5. The maximum atomic E-state index is 14.0. The zero-order valence-electron chi connectivity index (χ0n) is 30.0. The summed E-state index contributed by atoms with van der Waals surface area (Å²) in [5, 5.41) is 1.80. The zero-order valence-corrected chi connectivity index (χ0v) is 30.9. The van der Waals surface area contributed by atoms with E-state index >= 15 is 0 Å². The molecule has 50 heavy (non-hydrogen) atoms. The van der Waals surface area contributed by atoms with Crippen molar-refractivity contribution in [3.63, 3.8) is 0 Å². The number of nitrogen functional groups attached to an aromatic ring is 1. The SMILES string of the molecule is CCCCCCCCCCCCCCCCCCOCCOP(=O)(COCCn1cnc2c(=O)[nH]c(N)nc21)Oc1cccc2ccccc12. The minimum Gasteiger partial charge on any atom is -0.422 e. The normalized spacial score (nSPS) is 12.9. The molecule has 4 rings (SSSR count). The van der Waals surface area contributed by atoms with Crippen LogP contribution in [0.5, 0.6) is 5.75 Å². The predicted molar refractivity (Wildman–Crippen MR) is 202 cm³/mol. The molecular formula is C38H58N5O6P. The Morgan fingerprint density at radius 3 is 2.10 bits per heavy atom. The number of H-pyrrole nitrogens is 1. The van der Waals surface area contributed by atoms with Crippen LogP contribution in [0.15, 0.2) is 53.6 Å². The van der Waals surface area contributed by atoms with Crippen LogP contribution in [0.2, 0.25) is 0 Å². The van der Waals surface area contributed by atoms with Crippen LogP contribution in [0.25, 0.3) is 21.9 Å². The van der Waals surface area contributed by atoms with Crippen LogP contribution < -0.4 is 15.8 Å². The number of unbranched alkanes of at least 4 members (excludes halogenated alkanes) is 15. The van der Waals surface area contributed by atoms with Crippen molar-refractivity contribution in [2.24, 2.45) is 0 Å². The van der Waals surface area contributed by atoms with Gasteiger partial charge in [-0.25, -0.2) is 9.55 Å². The summed E-state index contributed by atoms with van der Waals surface area (Å²) in [4.78, 5) is 22.8. The largest absolute Gasteiger partial charge is 0.422 e. The quantitative estimate of drug-likeness (QED) is 0.0435. The third kappa shape index (κ3) is 13.8. The van der Waals surface area contributed by atoms with E-state index in [0.717, 1.165) is 23.6 Å². The first-order chi connectivity index (χ1) is 24.5. The summed E-state index contributed by atoms with van der Waals surface area (Å²) in [6.45, 7) is 3.81. The van der Waals surface area contributed by atoms with Crippen LogP contribution >= 0.6 is 7.60 Å². The topological polar surface area (TPSA) is 144 Å². The van der Waals surface area contributed by atoms with Crippen molar-refractivity contribution in [1.82, 2.24) is 19.5 Å². The Labute approximate surface area is 297 Å². The molecule has 0 amide bonds. The number of fused-ring (bicyclic) bond motifs is 2. The van der Waals surface area contributed by atoms with Gasteiger partial charge in [-0.2, -0.15) is 4.98 Å². The summed E-state index contributed by atoms with van der Waals surface area (Å²) in [5.41, 5.74) is 5.83. The third-order valence-corrected chi connectivity index (χ3v) is 10.4. The van der Waals surface area contributed by atoms with E-state index in [0.29, 0.717) is 31.2 Å². The smallest absolute Gasteiger partial charge is 0.404 e. The molecule has 1 atom stereocenters. The number of anilines is 1. The van der Waals surface area contributed by atoms with E-state index < -0.39 is 13.2 Å². The van der Waals surface area contributed by atoms with E-state index in [9.17, 15) is 9.36 Å². The Balaban J connectivity index is 1.11. The molecule has 12 heteroatoms. The van der Waals surface area contributed by atoms with E-state index in [1.54, 1.807) is 10.6 Å². The highest BCUT2D eigenvalue weighted by molar-refractivity contribution is 7.54. The summed E-state index contributed by atoms with van der Waals surface area (Å²) in [6.07, 6.45) is 22.5. The first kappa shape index (κ1) is 39.5. The maximum Gasteiger partial charge on any atom is 0.404 e. The van der Waals surface area contributed by atoms with E-state index in [2.05, 4.69) is 21.9 Å². The van der Waals surface area contributed by atoms with E-state index in [1.165, 1.54) is 96.2 Å². The molecule has 0 bridgehead atoms. The molecule has 0 radical (unpaired) electrons. The van der Waals surface area contributed by atoms with Crippen LogP contribution in [0.1, 0.15) is 110 Å².